The van der Waals surface area contributed by atoms with Gasteiger partial charge in [-0.3, -0.25) is 10.1 Å². The first-order chi connectivity index (χ1) is 9.79. The summed E-state index contributed by atoms with van der Waals surface area (Å²) >= 11 is 5.87. The quantitative estimate of drug-likeness (QED) is 0.671. The van der Waals surface area contributed by atoms with E-state index >= 15 is 0 Å². The zero-order valence-electron chi connectivity index (χ0n) is 11.3. The van der Waals surface area contributed by atoms with Crippen molar-refractivity contribution in [2.24, 2.45) is 0 Å². The number of non-ortho nitro benzene ring substituents is 1. The van der Waals surface area contributed by atoms with E-state index in [2.05, 4.69) is 4.72 Å². The fourth-order valence-corrected chi connectivity index (χ4v) is 4.00. The van der Waals surface area contributed by atoms with Crippen molar-refractivity contribution in [3.05, 3.63) is 33.3 Å². The molecule has 0 bridgehead atoms. The Morgan fingerprint density at radius 1 is 1.48 bits per heavy atom. The summed E-state index contributed by atoms with van der Waals surface area (Å²) in [5.74, 6) is 0. The van der Waals surface area contributed by atoms with Gasteiger partial charge in [0.15, 0.2) is 0 Å². The number of hydrogen-bond acceptors (Lipinski definition) is 5. The number of nitrogens with zero attached hydrogens (tertiary/aromatic N) is 1. The lowest BCUT2D eigenvalue weighted by molar-refractivity contribution is -0.385. The summed E-state index contributed by atoms with van der Waals surface area (Å²) in [5.41, 5.74) is -0.319. The first kappa shape index (κ1) is 16.2. The molecule has 1 fully saturated rings. The first-order valence-electron chi connectivity index (χ1n) is 6.37. The standard InChI is InChI=1S/C12H15ClN2O5S/c1-8-6-9(4-5-20-8)14-21(18,19)12-7-10(15(16)17)2-3-11(12)13/h2-3,7-9,14H,4-6H2,1H3. The summed E-state index contributed by atoms with van der Waals surface area (Å²) in [6.07, 6.45) is 1.06. The molecule has 0 aliphatic carbocycles. The van der Waals surface area contributed by atoms with Crippen LogP contribution in [0.1, 0.15) is 19.8 Å². The van der Waals surface area contributed by atoms with Gasteiger partial charge < -0.3 is 4.74 Å². The Morgan fingerprint density at radius 3 is 2.81 bits per heavy atom. The molecule has 1 aromatic rings. The van der Waals surface area contributed by atoms with Crippen molar-refractivity contribution in [2.45, 2.75) is 36.8 Å². The van der Waals surface area contributed by atoms with Crippen LogP contribution in [0.3, 0.4) is 0 Å². The van der Waals surface area contributed by atoms with Gasteiger partial charge >= 0.3 is 0 Å². The van der Waals surface area contributed by atoms with Crippen LogP contribution in [0.2, 0.25) is 5.02 Å². The van der Waals surface area contributed by atoms with Crippen LogP contribution >= 0.6 is 11.6 Å². The van der Waals surface area contributed by atoms with E-state index in [0.29, 0.717) is 19.4 Å². The molecule has 1 N–H and O–H groups in total. The smallest absolute Gasteiger partial charge is 0.270 e. The van der Waals surface area contributed by atoms with Gasteiger partial charge in [0.25, 0.3) is 5.69 Å². The molecule has 0 amide bonds. The molecule has 1 saturated heterocycles. The molecule has 21 heavy (non-hydrogen) atoms. The maximum absolute atomic E-state index is 12.3. The Balaban J connectivity index is 2.26. The zero-order valence-corrected chi connectivity index (χ0v) is 12.9. The summed E-state index contributed by atoms with van der Waals surface area (Å²) in [4.78, 5) is 9.81. The molecule has 1 aromatic carbocycles. The third-order valence-corrected chi connectivity index (χ3v) is 5.22. The number of halogens is 1. The highest BCUT2D eigenvalue weighted by molar-refractivity contribution is 7.89. The lowest BCUT2D eigenvalue weighted by Crippen LogP contribution is -2.41. The van der Waals surface area contributed by atoms with Gasteiger partial charge in [0, 0.05) is 24.8 Å². The largest absolute Gasteiger partial charge is 0.378 e. The maximum atomic E-state index is 12.3. The van der Waals surface area contributed by atoms with Crippen LogP contribution in [0.5, 0.6) is 0 Å². The van der Waals surface area contributed by atoms with E-state index in [-0.39, 0.29) is 27.8 Å². The molecule has 1 aliphatic heterocycles. The Kier molecular flexibility index (Phi) is 4.82. The van der Waals surface area contributed by atoms with E-state index in [1.807, 2.05) is 6.92 Å². The van der Waals surface area contributed by atoms with E-state index in [4.69, 9.17) is 16.3 Å². The fourth-order valence-electron chi connectivity index (χ4n) is 2.20. The second-order valence-corrected chi connectivity index (χ2v) is 6.99. The molecule has 0 saturated carbocycles. The number of benzene rings is 1. The van der Waals surface area contributed by atoms with E-state index in [9.17, 15) is 18.5 Å². The van der Waals surface area contributed by atoms with Gasteiger partial charge in [0.05, 0.1) is 16.0 Å². The highest BCUT2D eigenvalue weighted by Gasteiger charge is 2.27. The van der Waals surface area contributed by atoms with Crippen LogP contribution in [-0.4, -0.2) is 32.1 Å². The molecule has 1 aliphatic rings. The number of hydrogen-bond donors (Lipinski definition) is 1. The van der Waals surface area contributed by atoms with Gasteiger partial charge in [-0.25, -0.2) is 13.1 Å². The third kappa shape index (κ3) is 3.91. The van der Waals surface area contributed by atoms with Crippen molar-refractivity contribution in [3.63, 3.8) is 0 Å². The molecule has 9 heteroatoms. The number of nitro benzene ring substituents is 1. The van der Waals surface area contributed by atoms with Crippen molar-refractivity contribution < 1.29 is 18.1 Å². The molecule has 2 unspecified atom stereocenters. The van der Waals surface area contributed by atoms with Crippen molar-refractivity contribution in [1.82, 2.24) is 4.72 Å². The molecule has 1 heterocycles. The number of ether oxygens (including phenoxy) is 1. The minimum absolute atomic E-state index is 0.0352. The van der Waals surface area contributed by atoms with Crippen LogP contribution in [0.4, 0.5) is 5.69 Å². The second kappa shape index (κ2) is 6.27. The molecular weight excluding hydrogens is 320 g/mol. The lowest BCUT2D eigenvalue weighted by Gasteiger charge is -2.27. The van der Waals surface area contributed by atoms with E-state index in [0.717, 1.165) is 12.1 Å². The topological polar surface area (TPSA) is 98.5 Å². The van der Waals surface area contributed by atoms with Crippen LogP contribution in [0, 0.1) is 10.1 Å². The minimum atomic E-state index is -3.91. The summed E-state index contributed by atoms with van der Waals surface area (Å²) in [6.45, 7) is 2.33. The molecule has 7 nitrogen and oxygen atoms in total. The number of nitrogens with one attached hydrogen (secondary N) is 1. The molecule has 0 aromatic heterocycles. The van der Waals surface area contributed by atoms with Gasteiger partial charge in [-0.1, -0.05) is 11.6 Å². The summed E-state index contributed by atoms with van der Waals surface area (Å²) < 4.78 is 32.6. The molecular formula is C12H15ClN2O5S. The highest BCUT2D eigenvalue weighted by Crippen LogP contribution is 2.27. The molecule has 2 atom stereocenters. The third-order valence-electron chi connectivity index (χ3n) is 3.22. The minimum Gasteiger partial charge on any atom is -0.378 e. The Morgan fingerprint density at radius 2 is 2.19 bits per heavy atom. The Hall–Kier alpha value is -1.22. The average Bonchev–Trinajstić information content (AvgIpc) is 2.38. The molecule has 116 valence electrons. The van der Waals surface area contributed by atoms with Crippen molar-refractivity contribution in [2.75, 3.05) is 6.61 Å². The van der Waals surface area contributed by atoms with Crippen LogP contribution in [-0.2, 0) is 14.8 Å². The van der Waals surface area contributed by atoms with E-state index < -0.39 is 14.9 Å². The van der Waals surface area contributed by atoms with Crippen molar-refractivity contribution in [3.8, 4) is 0 Å². The van der Waals surface area contributed by atoms with Crippen molar-refractivity contribution in [1.29, 1.82) is 0 Å². The monoisotopic (exact) mass is 334 g/mol. The molecule has 0 spiro atoms. The van der Waals surface area contributed by atoms with Crippen LogP contribution in [0.25, 0.3) is 0 Å². The normalized spacial score (nSPS) is 23.0. The summed E-state index contributed by atoms with van der Waals surface area (Å²) in [5, 5.41) is 10.7. The summed E-state index contributed by atoms with van der Waals surface area (Å²) in [6, 6.07) is 3.07. The number of sulfonamides is 1. The lowest BCUT2D eigenvalue weighted by atomic mass is 10.1. The Labute approximate surface area is 127 Å². The van der Waals surface area contributed by atoms with E-state index in [1.165, 1.54) is 6.07 Å². The van der Waals surface area contributed by atoms with E-state index in [1.54, 1.807) is 0 Å². The maximum Gasteiger partial charge on any atom is 0.270 e. The average molecular weight is 335 g/mol. The summed E-state index contributed by atoms with van der Waals surface area (Å²) in [7, 11) is -3.91. The van der Waals surface area contributed by atoms with Gasteiger partial charge in [-0.15, -0.1) is 0 Å². The molecule has 2 rings (SSSR count). The van der Waals surface area contributed by atoms with Gasteiger partial charge in [0.1, 0.15) is 4.90 Å². The highest BCUT2D eigenvalue weighted by atomic mass is 35.5. The fraction of sp³-hybridized carbons (Fsp3) is 0.500. The zero-order chi connectivity index (χ0) is 15.6. The second-order valence-electron chi connectivity index (χ2n) is 4.90. The number of rotatable bonds is 4. The van der Waals surface area contributed by atoms with Crippen LogP contribution < -0.4 is 4.72 Å². The number of nitro groups is 1. The van der Waals surface area contributed by atoms with Gasteiger partial charge in [-0.05, 0) is 25.8 Å². The molecule has 0 radical (unpaired) electrons. The van der Waals surface area contributed by atoms with Crippen LogP contribution in [0.15, 0.2) is 23.1 Å². The Bertz CT molecular complexity index is 649. The predicted octanol–water partition coefficient (Wildman–Crippen LogP) is 2.09. The first-order valence-corrected chi connectivity index (χ1v) is 8.23. The predicted molar refractivity (Wildman–Crippen MR) is 76.9 cm³/mol. The van der Waals surface area contributed by atoms with Gasteiger partial charge in [0.2, 0.25) is 10.0 Å². The SMILES string of the molecule is CC1CC(NS(=O)(=O)c2cc([N+](=O)[O-])ccc2Cl)CCO1. The van der Waals surface area contributed by atoms with Gasteiger partial charge in [-0.2, -0.15) is 0 Å². The van der Waals surface area contributed by atoms with Crippen molar-refractivity contribution >= 4 is 27.3 Å².